The first kappa shape index (κ1) is 11.9. The normalized spacial score (nSPS) is 28.0. The number of rotatable bonds is 3. The molecule has 2 rings (SSSR count). The van der Waals surface area contributed by atoms with Crippen LogP contribution in [0.15, 0.2) is 4.99 Å². The van der Waals surface area contributed by atoms with E-state index in [9.17, 15) is 5.11 Å². The first-order chi connectivity index (χ1) is 7.77. The van der Waals surface area contributed by atoms with Crippen molar-refractivity contribution in [2.45, 2.75) is 51.6 Å². The maximum atomic E-state index is 9.40. The Balaban J connectivity index is 2.00. The van der Waals surface area contributed by atoms with E-state index >= 15 is 0 Å². The van der Waals surface area contributed by atoms with Gasteiger partial charge in [-0.3, -0.25) is 4.99 Å². The van der Waals surface area contributed by atoms with Gasteiger partial charge in [-0.1, -0.05) is 6.42 Å². The number of hydrogen-bond donors (Lipinski definition) is 1. The van der Waals surface area contributed by atoms with Crippen LogP contribution < -0.4 is 0 Å². The van der Waals surface area contributed by atoms with Crippen molar-refractivity contribution in [2.24, 2.45) is 10.9 Å². The molecule has 1 N–H and O–H groups in total. The number of aliphatic hydroxyl groups excluding tert-OH is 1. The lowest BCUT2D eigenvalue weighted by Crippen LogP contribution is -2.39. The summed E-state index contributed by atoms with van der Waals surface area (Å²) in [6.07, 6.45) is 6.96. The molecule has 0 radical (unpaired) electrons. The molecule has 0 saturated carbocycles. The highest BCUT2D eigenvalue weighted by Crippen LogP contribution is 2.25. The molecule has 0 bridgehead atoms. The topological polar surface area (TPSA) is 35.8 Å². The van der Waals surface area contributed by atoms with Crippen LogP contribution in [0.5, 0.6) is 0 Å². The molecule has 3 nitrogen and oxygen atoms in total. The van der Waals surface area contributed by atoms with Crippen molar-refractivity contribution in [1.29, 1.82) is 0 Å². The highest BCUT2D eigenvalue weighted by Gasteiger charge is 2.26. The van der Waals surface area contributed by atoms with Gasteiger partial charge in [0.15, 0.2) is 0 Å². The minimum atomic E-state index is -0.166. The number of amidine groups is 1. The molecule has 0 aromatic rings. The summed E-state index contributed by atoms with van der Waals surface area (Å²) in [6, 6.07) is 0. The van der Waals surface area contributed by atoms with E-state index < -0.39 is 0 Å². The van der Waals surface area contributed by atoms with Crippen LogP contribution in [0.4, 0.5) is 0 Å². The minimum absolute atomic E-state index is 0.166. The van der Waals surface area contributed by atoms with Crippen LogP contribution in [0, 0.1) is 5.92 Å². The van der Waals surface area contributed by atoms with Crippen LogP contribution in [0.2, 0.25) is 0 Å². The lowest BCUT2D eigenvalue weighted by Gasteiger charge is -2.31. The van der Waals surface area contributed by atoms with Crippen LogP contribution >= 0.6 is 0 Å². The summed E-state index contributed by atoms with van der Waals surface area (Å²) < 4.78 is 0. The minimum Gasteiger partial charge on any atom is -0.393 e. The van der Waals surface area contributed by atoms with Gasteiger partial charge >= 0.3 is 0 Å². The molecule has 1 fully saturated rings. The Labute approximate surface area is 98.6 Å². The molecule has 0 aromatic heterocycles. The maximum absolute atomic E-state index is 9.40. The number of hydrogen-bond acceptors (Lipinski definition) is 3. The van der Waals surface area contributed by atoms with E-state index in [4.69, 9.17) is 4.99 Å². The van der Waals surface area contributed by atoms with Crippen molar-refractivity contribution >= 4 is 5.84 Å². The highest BCUT2D eigenvalue weighted by atomic mass is 16.3. The predicted molar refractivity (Wildman–Crippen MR) is 66.7 cm³/mol. The van der Waals surface area contributed by atoms with Crippen LogP contribution in [0.1, 0.15) is 45.4 Å². The number of fused-ring (bicyclic) bond motifs is 1. The Morgan fingerprint density at radius 1 is 1.38 bits per heavy atom. The molecule has 0 amide bonds. The molecule has 1 saturated heterocycles. The molecule has 16 heavy (non-hydrogen) atoms. The van der Waals surface area contributed by atoms with Crippen LogP contribution in [0.25, 0.3) is 0 Å². The van der Waals surface area contributed by atoms with E-state index in [1.54, 1.807) is 0 Å². The third-order valence-electron chi connectivity index (χ3n) is 3.71. The molecule has 92 valence electrons. The average Bonchev–Trinajstić information content (AvgIpc) is 2.48. The van der Waals surface area contributed by atoms with E-state index in [1.807, 2.05) is 6.92 Å². The summed E-state index contributed by atoms with van der Waals surface area (Å²) in [7, 11) is 0. The molecule has 2 aliphatic heterocycles. The summed E-state index contributed by atoms with van der Waals surface area (Å²) in [5.74, 6) is 1.96. The molecule has 2 aliphatic rings. The largest absolute Gasteiger partial charge is 0.393 e. The van der Waals surface area contributed by atoms with Crippen LogP contribution in [-0.4, -0.2) is 41.6 Å². The van der Waals surface area contributed by atoms with Gasteiger partial charge in [0.25, 0.3) is 0 Å². The van der Waals surface area contributed by atoms with E-state index in [2.05, 4.69) is 4.90 Å². The first-order valence-electron chi connectivity index (χ1n) is 6.74. The van der Waals surface area contributed by atoms with Crippen LogP contribution in [0.3, 0.4) is 0 Å². The Kier molecular flexibility index (Phi) is 4.22. The Bertz CT molecular complexity index is 250. The molecule has 0 aromatic carbocycles. The van der Waals surface area contributed by atoms with Crippen LogP contribution in [-0.2, 0) is 0 Å². The Morgan fingerprint density at radius 3 is 3.00 bits per heavy atom. The fourth-order valence-electron chi connectivity index (χ4n) is 2.82. The van der Waals surface area contributed by atoms with Gasteiger partial charge in [0.2, 0.25) is 0 Å². The SMILES string of the molecule is CC(O)CCC1CCCCN2CCCN=C12. The highest BCUT2D eigenvalue weighted by molar-refractivity contribution is 5.85. The summed E-state index contributed by atoms with van der Waals surface area (Å²) >= 11 is 0. The standard InChI is InChI=1S/C13H24N2O/c1-11(16)6-7-12-5-2-3-9-15-10-4-8-14-13(12)15/h11-12,16H,2-10H2,1H3. The lowest BCUT2D eigenvalue weighted by molar-refractivity contribution is 0.176. The second kappa shape index (κ2) is 5.67. The molecule has 0 spiro atoms. The van der Waals surface area contributed by atoms with Crippen molar-refractivity contribution < 1.29 is 5.11 Å². The average molecular weight is 224 g/mol. The van der Waals surface area contributed by atoms with Crippen molar-refractivity contribution in [2.75, 3.05) is 19.6 Å². The van der Waals surface area contributed by atoms with Gasteiger partial charge < -0.3 is 10.0 Å². The van der Waals surface area contributed by atoms with Gasteiger partial charge in [-0.15, -0.1) is 0 Å². The second-order valence-corrected chi connectivity index (χ2v) is 5.20. The fraction of sp³-hybridized carbons (Fsp3) is 0.923. The number of nitrogens with zero attached hydrogens (tertiary/aromatic N) is 2. The summed E-state index contributed by atoms with van der Waals surface area (Å²) in [6.45, 7) is 5.29. The summed E-state index contributed by atoms with van der Waals surface area (Å²) in [5, 5.41) is 9.40. The van der Waals surface area contributed by atoms with E-state index in [1.165, 1.54) is 44.6 Å². The summed E-state index contributed by atoms with van der Waals surface area (Å²) in [5.41, 5.74) is 0. The number of aliphatic hydroxyl groups is 1. The van der Waals surface area contributed by atoms with Crippen molar-refractivity contribution in [3.05, 3.63) is 0 Å². The zero-order valence-electron chi connectivity index (χ0n) is 10.4. The fourth-order valence-corrected chi connectivity index (χ4v) is 2.82. The first-order valence-corrected chi connectivity index (χ1v) is 6.74. The van der Waals surface area contributed by atoms with E-state index in [0.29, 0.717) is 5.92 Å². The quantitative estimate of drug-likeness (QED) is 0.796. The van der Waals surface area contributed by atoms with Gasteiger partial charge in [-0.05, 0) is 39.0 Å². The predicted octanol–water partition coefficient (Wildman–Crippen LogP) is 2.05. The van der Waals surface area contributed by atoms with Gasteiger partial charge in [-0.25, -0.2) is 0 Å². The van der Waals surface area contributed by atoms with Gasteiger partial charge in [0.1, 0.15) is 5.84 Å². The molecule has 2 atom stereocenters. The molecular weight excluding hydrogens is 200 g/mol. The smallest absolute Gasteiger partial charge is 0.102 e. The third kappa shape index (κ3) is 2.97. The molecule has 3 heteroatoms. The van der Waals surface area contributed by atoms with Crippen molar-refractivity contribution in [3.63, 3.8) is 0 Å². The monoisotopic (exact) mass is 224 g/mol. The Hall–Kier alpha value is -0.570. The molecule has 2 heterocycles. The van der Waals surface area contributed by atoms with E-state index in [0.717, 1.165) is 19.4 Å². The maximum Gasteiger partial charge on any atom is 0.102 e. The van der Waals surface area contributed by atoms with E-state index in [-0.39, 0.29) is 6.10 Å². The molecular formula is C13H24N2O. The van der Waals surface area contributed by atoms with Crippen molar-refractivity contribution in [3.8, 4) is 0 Å². The zero-order chi connectivity index (χ0) is 11.4. The number of aliphatic imine (C=N–C) groups is 1. The van der Waals surface area contributed by atoms with Crippen molar-refractivity contribution in [1.82, 2.24) is 4.90 Å². The van der Waals surface area contributed by atoms with Gasteiger partial charge in [-0.2, -0.15) is 0 Å². The van der Waals surface area contributed by atoms with Gasteiger partial charge in [0, 0.05) is 25.6 Å². The molecule has 2 unspecified atom stereocenters. The van der Waals surface area contributed by atoms with Gasteiger partial charge in [0.05, 0.1) is 6.10 Å². The third-order valence-corrected chi connectivity index (χ3v) is 3.71. The second-order valence-electron chi connectivity index (χ2n) is 5.20. The lowest BCUT2D eigenvalue weighted by atomic mass is 9.94. The Morgan fingerprint density at radius 2 is 2.19 bits per heavy atom. The summed E-state index contributed by atoms with van der Waals surface area (Å²) in [4.78, 5) is 7.22. The zero-order valence-corrected chi connectivity index (χ0v) is 10.4. The molecule has 0 aliphatic carbocycles.